The van der Waals surface area contributed by atoms with Crippen LogP contribution in [0.2, 0.25) is 0 Å². The van der Waals surface area contributed by atoms with Crippen LogP contribution in [0, 0.1) is 5.82 Å². The van der Waals surface area contributed by atoms with Crippen molar-refractivity contribution >= 4 is 27.7 Å². The Hall–Kier alpha value is -1.69. The third-order valence-electron chi connectivity index (χ3n) is 1.78. The van der Waals surface area contributed by atoms with Gasteiger partial charge in [0.05, 0.1) is 16.9 Å². The fraction of sp³-hybridized carbons (Fsp3) is 0. The van der Waals surface area contributed by atoms with Gasteiger partial charge in [-0.3, -0.25) is 4.79 Å². The monoisotopic (exact) mass is 284 g/mol. The van der Waals surface area contributed by atoms with E-state index >= 15 is 0 Å². The average Bonchev–Trinajstić information content (AvgIpc) is 2.75. The van der Waals surface area contributed by atoms with Gasteiger partial charge in [0.1, 0.15) is 11.6 Å². The van der Waals surface area contributed by atoms with Crippen LogP contribution >= 0.6 is 15.9 Å². The Morgan fingerprint density at radius 3 is 3.00 bits per heavy atom. The second-order valence-electron chi connectivity index (χ2n) is 2.92. The molecule has 0 aromatic carbocycles. The normalized spacial score (nSPS) is 10.1. The van der Waals surface area contributed by atoms with Crippen LogP contribution in [-0.2, 0) is 0 Å². The Balaban J connectivity index is 2.18. The highest BCUT2D eigenvalue weighted by atomic mass is 79.9. The summed E-state index contributed by atoms with van der Waals surface area (Å²) in [5, 5.41) is 2.48. The lowest BCUT2D eigenvalue weighted by Crippen LogP contribution is -2.12. The van der Waals surface area contributed by atoms with Gasteiger partial charge in [0.15, 0.2) is 5.76 Å². The summed E-state index contributed by atoms with van der Waals surface area (Å²) in [6.45, 7) is 0. The van der Waals surface area contributed by atoms with E-state index in [1.54, 1.807) is 6.07 Å². The van der Waals surface area contributed by atoms with E-state index in [1.807, 2.05) is 0 Å². The number of nitrogens with one attached hydrogen (secondary N) is 1. The first-order valence-corrected chi connectivity index (χ1v) is 5.12. The first-order valence-electron chi connectivity index (χ1n) is 4.33. The quantitative estimate of drug-likeness (QED) is 0.923. The molecule has 2 aromatic heterocycles. The maximum Gasteiger partial charge on any atom is 0.292 e. The number of furan rings is 1. The zero-order chi connectivity index (χ0) is 11.5. The first kappa shape index (κ1) is 10.8. The van der Waals surface area contributed by atoms with E-state index in [2.05, 4.69) is 26.2 Å². The maximum absolute atomic E-state index is 12.7. The summed E-state index contributed by atoms with van der Waals surface area (Å²) in [6.07, 6.45) is 2.41. The molecule has 1 N–H and O–H groups in total. The Labute approximate surface area is 98.6 Å². The Morgan fingerprint density at radius 1 is 1.56 bits per heavy atom. The SMILES string of the molecule is O=C(Nc1ncc(F)cc1Br)c1ccco1. The molecule has 0 spiro atoms. The topological polar surface area (TPSA) is 55.1 Å². The molecule has 1 amide bonds. The molecule has 2 heterocycles. The molecule has 0 unspecified atom stereocenters. The number of amides is 1. The van der Waals surface area contributed by atoms with Crippen molar-refractivity contribution in [3.05, 3.63) is 46.7 Å². The predicted molar refractivity (Wildman–Crippen MR) is 58.6 cm³/mol. The number of rotatable bonds is 2. The Morgan fingerprint density at radius 2 is 2.38 bits per heavy atom. The van der Waals surface area contributed by atoms with Crippen molar-refractivity contribution in [2.75, 3.05) is 5.32 Å². The van der Waals surface area contributed by atoms with Gasteiger partial charge in [-0.05, 0) is 34.1 Å². The van der Waals surface area contributed by atoms with E-state index in [0.717, 1.165) is 6.20 Å². The number of nitrogens with zero attached hydrogens (tertiary/aromatic N) is 1. The van der Waals surface area contributed by atoms with Crippen LogP contribution in [0.15, 0.2) is 39.5 Å². The largest absolute Gasteiger partial charge is 0.459 e. The second kappa shape index (κ2) is 4.44. The highest BCUT2D eigenvalue weighted by Gasteiger charge is 2.11. The molecule has 0 saturated carbocycles. The van der Waals surface area contributed by atoms with Gasteiger partial charge in [-0.2, -0.15) is 0 Å². The smallest absolute Gasteiger partial charge is 0.292 e. The fourth-order valence-corrected chi connectivity index (χ4v) is 1.50. The molecular weight excluding hydrogens is 279 g/mol. The Kier molecular flexibility index (Phi) is 3.00. The number of anilines is 1. The fourth-order valence-electron chi connectivity index (χ4n) is 1.08. The van der Waals surface area contributed by atoms with Gasteiger partial charge in [-0.25, -0.2) is 9.37 Å². The standard InChI is InChI=1S/C10H6BrFN2O2/c11-7-4-6(12)5-13-9(7)14-10(15)8-2-1-3-16-8/h1-5H,(H,13,14,15). The minimum Gasteiger partial charge on any atom is -0.459 e. The van der Waals surface area contributed by atoms with Gasteiger partial charge in [-0.15, -0.1) is 0 Å². The molecule has 0 fully saturated rings. The number of halogens is 2. The molecule has 82 valence electrons. The predicted octanol–water partition coefficient (Wildman–Crippen LogP) is 2.83. The van der Waals surface area contributed by atoms with Crippen molar-refractivity contribution in [2.45, 2.75) is 0 Å². The van der Waals surface area contributed by atoms with Crippen LogP contribution in [0.25, 0.3) is 0 Å². The molecule has 2 aromatic rings. The second-order valence-corrected chi connectivity index (χ2v) is 3.77. The molecule has 16 heavy (non-hydrogen) atoms. The van der Waals surface area contributed by atoms with Crippen molar-refractivity contribution in [1.82, 2.24) is 4.98 Å². The lowest BCUT2D eigenvalue weighted by atomic mass is 10.4. The molecule has 0 saturated heterocycles. The number of pyridine rings is 1. The molecule has 0 radical (unpaired) electrons. The van der Waals surface area contributed by atoms with Gasteiger partial charge in [0.2, 0.25) is 0 Å². The van der Waals surface area contributed by atoms with E-state index in [9.17, 15) is 9.18 Å². The average molecular weight is 285 g/mol. The van der Waals surface area contributed by atoms with E-state index in [-0.39, 0.29) is 11.6 Å². The summed E-state index contributed by atoms with van der Waals surface area (Å²) in [6, 6.07) is 4.33. The lowest BCUT2D eigenvalue weighted by molar-refractivity contribution is 0.0996. The number of hydrogen-bond donors (Lipinski definition) is 1. The number of carbonyl (C=O) groups excluding carboxylic acids is 1. The summed E-state index contributed by atoms with van der Waals surface area (Å²) < 4.78 is 18.0. The minimum absolute atomic E-state index is 0.165. The third kappa shape index (κ3) is 2.27. The summed E-state index contributed by atoms with van der Waals surface area (Å²) >= 11 is 3.09. The van der Waals surface area contributed by atoms with Gasteiger partial charge >= 0.3 is 0 Å². The van der Waals surface area contributed by atoms with E-state index in [4.69, 9.17) is 4.42 Å². The van der Waals surface area contributed by atoms with Crippen molar-refractivity contribution in [1.29, 1.82) is 0 Å². The van der Waals surface area contributed by atoms with Gasteiger partial charge < -0.3 is 9.73 Å². The molecule has 0 aliphatic carbocycles. The van der Waals surface area contributed by atoms with Crippen LogP contribution in [0.5, 0.6) is 0 Å². The number of aromatic nitrogens is 1. The summed E-state index contributed by atoms with van der Waals surface area (Å²) in [5.41, 5.74) is 0. The molecule has 0 aliphatic heterocycles. The summed E-state index contributed by atoms with van der Waals surface area (Å²) in [4.78, 5) is 15.3. The Bertz CT molecular complexity index is 514. The first-order chi connectivity index (χ1) is 7.66. The molecule has 0 atom stereocenters. The molecular formula is C10H6BrFN2O2. The van der Waals surface area contributed by atoms with Crippen molar-refractivity contribution in [2.24, 2.45) is 0 Å². The summed E-state index contributed by atoms with van der Waals surface area (Å²) in [5.74, 6) is -0.520. The van der Waals surface area contributed by atoms with Gasteiger partial charge in [0, 0.05) is 0 Å². The third-order valence-corrected chi connectivity index (χ3v) is 2.39. The summed E-state index contributed by atoms with van der Waals surface area (Å²) in [7, 11) is 0. The molecule has 4 nitrogen and oxygen atoms in total. The van der Waals surface area contributed by atoms with Crippen LogP contribution < -0.4 is 5.32 Å². The van der Waals surface area contributed by atoms with Crippen molar-refractivity contribution in [3.8, 4) is 0 Å². The van der Waals surface area contributed by atoms with Crippen LogP contribution in [0.3, 0.4) is 0 Å². The van der Waals surface area contributed by atoms with Crippen LogP contribution in [0.1, 0.15) is 10.6 Å². The maximum atomic E-state index is 12.7. The van der Waals surface area contributed by atoms with Gasteiger partial charge in [-0.1, -0.05) is 0 Å². The molecule has 2 rings (SSSR count). The molecule has 6 heteroatoms. The number of hydrogen-bond acceptors (Lipinski definition) is 3. The van der Waals surface area contributed by atoms with Crippen LogP contribution in [0.4, 0.5) is 10.2 Å². The van der Waals surface area contributed by atoms with Crippen molar-refractivity contribution in [3.63, 3.8) is 0 Å². The van der Waals surface area contributed by atoms with E-state index in [1.165, 1.54) is 18.4 Å². The molecule has 0 bridgehead atoms. The van der Waals surface area contributed by atoms with Crippen LogP contribution in [-0.4, -0.2) is 10.9 Å². The molecule has 0 aliphatic rings. The van der Waals surface area contributed by atoms with E-state index in [0.29, 0.717) is 4.47 Å². The van der Waals surface area contributed by atoms with E-state index < -0.39 is 11.7 Å². The number of carbonyl (C=O) groups is 1. The lowest BCUT2D eigenvalue weighted by Gasteiger charge is -2.04. The zero-order valence-corrected chi connectivity index (χ0v) is 9.49. The van der Waals surface area contributed by atoms with Crippen molar-refractivity contribution < 1.29 is 13.6 Å². The van der Waals surface area contributed by atoms with Gasteiger partial charge in [0.25, 0.3) is 5.91 Å². The minimum atomic E-state index is -0.483. The highest BCUT2D eigenvalue weighted by Crippen LogP contribution is 2.20. The highest BCUT2D eigenvalue weighted by molar-refractivity contribution is 9.10. The zero-order valence-electron chi connectivity index (χ0n) is 7.91.